The number of nitrogens with two attached hydrogens (primary N) is 1. The number of aromatic nitrogens is 1. The Morgan fingerprint density at radius 1 is 1.18 bits per heavy atom. The molecule has 0 bridgehead atoms. The van der Waals surface area contributed by atoms with E-state index >= 15 is 4.39 Å². The average Bonchev–Trinajstić information content (AvgIpc) is 3.54. The molecule has 2 aromatic carbocycles. The molecule has 226 valence electrons. The van der Waals surface area contributed by atoms with Crippen molar-refractivity contribution in [2.45, 2.75) is 50.5 Å². The van der Waals surface area contributed by atoms with E-state index in [9.17, 15) is 15.2 Å². The molecule has 2 atom stereocenters. The van der Waals surface area contributed by atoms with Gasteiger partial charge in [0.15, 0.2) is 5.72 Å². The fourth-order valence-electron chi connectivity index (χ4n) is 6.23. The number of nitriles is 1. The van der Waals surface area contributed by atoms with Crippen LogP contribution in [-0.2, 0) is 22.6 Å². The van der Waals surface area contributed by atoms with Crippen LogP contribution in [0.3, 0.4) is 0 Å². The number of fused-ring (bicyclic) bond motifs is 1. The second-order valence-electron chi connectivity index (χ2n) is 12.2. The molecule has 44 heavy (non-hydrogen) atoms. The lowest BCUT2D eigenvalue weighted by Gasteiger charge is -2.40. The largest absolute Gasteiger partial charge is 0.384 e. The minimum atomic E-state index is -1.73. The predicted molar refractivity (Wildman–Crippen MR) is 162 cm³/mol. The summed E-state index contributed by atoms with van der Waals surface area (Å²) < 4.78 is 23.3. The van der Waals surface area contributed by atoms with Crippen LogP contribution in [0.1, 0.15) is 70.9 Å². The van der Waals surface area contributed by atoms with Crippen LogP contribution in [0.2, 0.25) is 5.02 Å². The van der Waals surface area contributed by atoms with Crippen molar-refractivity contribution in [1.82, 2.24) is 14.8 Å². The van der Waals surface area contributed by atoms with Gasteiger partial charge in [-0.3, -0.25) is 14.7 Å². The highest BCUT2D eigenvalue weighted by atomic mass is 35.5. The van der Waals surface area contributed by atoms with E-state index < -0.39 is 28.5 Å². The lowest BCUT2D eigenvalue weighted by molar-refractivity contribution is -0.122. The third-order valence-electron chi connectivity index (χ3n) is 8.88. The quantitative estimate of drug-likeness (QED) is 0.267. The molecule has 6 rings (SSSR count). The number of rotatable bonds is 9. The molecule has 1 amide bonds. The summed E-state index contributed by atoms with van der Waals surface area (Å²) in [4.78, 5) is 22.5. The van der Waals surface area contributed by atoms with Crippen molar-refractivity contribution in [3.05, 3.63) is 99.1 Å². The Morgan fingerprint density at radius 2 is 1.91 bits per heavy atom. The van der Waals surface area contributed by atoms with Crippen LogP contribution in [0.5, 0.6) is 0 Å². The summed E-state index contributed by atoms with van der Waals surface area (Å²) in [6.07, 6.45) is 4.93. The molecule has 3 heterocycles. The summed E-state index contributed by atoms with van der Waals surface area (Å²) in [6, 6.07) is 17.7. The first-order valence-corrected chi connectivity index (χ1v) is 15.1. The average molecular weight is 614 g/mol. The molecule has 2 aliphatic heterocycles. The number of aliphatic hydroxyl groups is 1. The van der Waals surface area contributed by atoms with Crippen molar-refractivity contribution in [2.75, 3.05) is 26.2 Å². The van der Waals surface area contributed by atoms with Crippen LogP contribution < -0.4 is 5.73 Å². The zero-order chi connectivity index (χ0) is 31.1. The lowest BCUT2D eigenvalue weighted by Crippen LogP contribution is -2.48. The summed E-state index contributed by atoms with van der Waals surface area (Å²) in [5.74, 6) is 1.57. The first-order chi connectivity index (χ1) is 21.1. The van der Waals surface area contributed by atoms with E-state index in [2.05, 4.69) is 27.9 Å². The lowest BCUT2D eigenvalue weighted by atomic mass is 9.87. The number of nitrogens with zero attached hydrogens (tertiary/aromatic N) is 4. The Kier molecular flexibility index (Phi) is 7.85. The number of likely N-dealkylation sites (tertiary alicyclic amines) is 1. The number of carbonyl (C=O) groups excluding carboxylic acids is 1. The Balaban J connectivity index is 1.50. The highest BCUT2D eigenvalue weighted by Crippen LogP contribution is 2.52. The van der Waals surface area contributed by atoms with Gasteiger partial charge in [0, 0.05) is 34.9 Å². The van der Waals surface area contributed by atoms with Crippen LogP contribution in [0.15, 0.2) is 54.7 Å². The van der Waals surface area contributed by atoms with Crippen molar-refractivity contribution in [3.8, 4) is 18.0 Å². The van der Waals surface area contributed by atoms with E-state index in [0.717, 1.165) is 25.9 Å². The number of pyridine rings is 1. The molecule has 2 fully saturated rings. The van der Waals surface area contributed by atoms with Crippen LogP contribution in [0, 0.1) is 34.5 Å². The molecule has 3 aromatic rings. The summed E-state index contributed by atoms with van der Waals surface area (Å²) in [6.45, 7) is 3.62. The molecule has 1 aromatic heterocycles. The molecular weight excluding hydrogens is 581 g/mol. The van der Waals surface area contributed by atoms with Gasteiger partial charge in [-0.25, -0.2) is 4.39 Å². The number of hydrogen-bond donors (Lipinski definition) is 2. The smallest absolute Gasteiger partial charge is 0.257 e. The monoisotopic (exact) mass is 613 g/mol. The standard InChI is InChI=1S/C34H33ClFN5O3/c1-32(43,21-40-14-2-3-15-40)25-16-28-30(29(36)17-25)34(24-5-7-26(35)8-6-24,44-22-33(20-38)11-12-33)41(31(28)42)19-27-9-4-23(10-13-37)18-39-27/h4-9,16-18,43H,2-3,11-12,14-15,19,21-22,37H2,1H3/t32?,34-/m1/s1. The van der Waals surface area contributed by atoms with E-state index in [0.29, 0.717) is 46.8 Å². The number of benzene rings is 2. The maximum Gasteiger partial charge on any atom is 0.257 e. The zero-order valence-electron chi connectivity index (χ0n) is 24.4. The van der Waals surface area contributed by atoms with Gasteiger partial charge < -0.3 is 20.5 Å². The third-order valence-corrected chi connectivity index (χ3v) is 9.13. The van der Waals surface area contributed by atoms with Gasteiger partial charge in [-0.15, -0.1) is 0 Å². The van der Waals surface area contributed by atoms with E-state index in [1.54, 1.807) is 55.6 Å². The van der Waals surface area contributed by atoms with Crippen molar-refractivity contribution < 1.29 is 19.0 Å². The van der Waals surface area contributed by atoms with Crippen molar-refractivity contribution in [3.63, 3.8) is 0 Å². The first-order valence-electron chi connectivity index (χ1n) is 14.7. The normalized spacial score (nSPS) is 21.7. The molecule has 1 saturated carbocycles. The Bertz CT molecular complexity index is 1680. The molecule has 0 spiro atoms. The molecule has 1 unspecified atom stereocenters. The Hall–Kier alpha value is -3.99. The summed E-state index contributed by atoms with van der Waals surface area (Å²) >= 11 is 6.25. The molecule has 3 aliphatic rings. The molecular formula is C34H33ClFN5O3. The van der Waals surface area contributed by atoms with E-state index in [1.165, 1.54) is 11.0 Å². The van der Waals surface area contributed by atoms with Crippen molar-refractivity contribution in [2.24, 2.45) is 11.1 Å². The number of hydrogen-bond acceptors (Lipinski definition) is 7. The maximum absolute atomic E-state index is 16.7. The molecule has 1 aliphatic carbocycles. The van der Waals surface area contributed by atoms with Crippen LogP contribution in [0.25, 0.3) is 0 Å². The molecule has 0 radical (unpaired) electrons. The highest BCUT2D eigenvalue weighted by molar-refractivity contribution is 6.30. The Morgan fingerprint density at radius 3 is 2.52 bits per heavy atom. The molecule has 8 nitrogen and oxygen atoms in total. The van der Waals surface area contributed by atoms with E-state index in [4.69, 9.17) is 22.1 Å². The molecule has 1 saturated heterocycles. The van der Waals surface area contributed by atoms with Crippen molar-refractivity contribution >= 4 is 17.5 Å². The minimum absolute atomic E-state index is 0.0122. The fourth-order valence-corrected chi connectivity index (χ4v) is 6.36. The van der Waals surface area contributed by atoms with Gasteiger partial charge in [0.1, 0.15) is 5.82 Å². The summed E-state index contributed by atoms with van der Waals surface area (Å²) in [5.41, 5.74) is 3.51. The topological polar surface area (TPSA) is 116 Å². The van der Waals surface area contributed by atoms with Gasteiger partial charge in [-0.1, -0.05) is 23.7 Å². The third kappa shape index (κ3) is 5.42. The van der Waals surface area contributed by atoms with Gasteiger partial charge in [0.25, 0.3) is 5.91 Å². The highest BCUT2D eigenvalue weighted by Gasteiger charge is 2.57. The van der Waals surface area contributed by atoms with Crippen LogP contribution >= 0.6 is 11.6 Å². The summed E-state index contributed by atoms with van der Waals surface area (Å²) in [7, 11) is 0. The number of amides is 1. The van der Waals surface area contributed by atoms with Gasteiger partial charge in [-0.05, 0) is 93.6 Å². The van der Waals surface area contributed by atoms with Gasteiger partial charge >= 0.3 is 0 Å². The Labute approximate surface area is 261 Å². The number of carbonyl (C=O) groups is 1. The SMILES string of the molecule is CC(O)(CN1CCCC1)c1cc(F)c2c(c1)C(=O)N(Cc1ccc(C#CN)cn1)[C@@]2(OCC1(C#N)CC1)c1ccc(Cl)cc1. The molecule has 3 N–H and O–H groups in total. The first kappa shape index (κ1) is 30.1. The van der Waals surface area contributed by atoms with E-state index in [-0.39, 0.29) is 24.3 Å². The van der Waals surface area contributed by atoms with Gasteiger partial charge in [0.05, 0.1) is 47.1 Å². The summed E-state index contributed by atoms with van der Waals surface area (Å²) in [5, 5.41) is 21.9. The van der Waals surface area contributed by atoms with Crippen LogP contribution in [-0.4, -0.2) is 52.0 Å². The number of ether oxygens (including phenoxy) is 1. The van der Waals surface area contributed by atoms with Gasteiger partial charge in [0.2, 0.25) is 0 Å². The number of halogens is 2. The molecule has 10 heteroatoms. The predicted octanol–water partition coefficient (Wildman–Crippen LogP) is 4.62. The second kappa shape index (κ2) is 11.5. The van der Waals surface area contributed by atoms with Crippen LogP contribution in [0.4, 0.5) is 4.39 Å². The fraction of sp³-hybridized carbons (Fsp3) is 0.382. The zero-order valence-corrected chi connectivity index (χ0v) is 25.2. The van der Waals surface area contributed by atoms with E-state index in [1.807, 2.05) is 0 Å². The maximum atomic E-state index is 16.7. The number of β-amino-alcohol motifs (C(OH)–C–C–N with tert-alkyl or cyclic N) is 1. The second-order valence-corrected chi connectivity index (χ2v) is 12.6. The van der Waals surface area contributed by atoms with Crippen molar-refractivity contribution in [1.29, 1.82) is 5.26 Å². The minimum Gasteiger partial charge on any atom is -0.384 e. The van der Waals surface area contributed by atoms with Gasteiger partial charge in [-0.2, -0.15) is 5.26 Å².